The first-order valence-electron chi connectivity index (χ1n) is 7.52. The van der Waals surface area contributed by atoms with E-state index in [1.54, 1.807) is 37.4 Å². The highest BCUT2D eigenvalue weighted by atomic mass is 35.5. The van der Waals surface area contributed by atoms with E-state index >= 15 is 0 Å². The van der Waals surface area contributed by atoms with Gasteiger partial charge in [0.1, 0.15) is 23.5 Å². The first-order chi connectivity index (χ1) is 12.1. The lowest BCUT2D eigenvalue weighted by Crippen LogP contribution is -2.03. The maximum atomic E-state index is 6.15. The summed E-state index contributed by atoms with van der Waals surface area (Å²) in [6.45, 7) is 1.94. The van der Waals surface area contributed by atoms with Gasteiger partial charge in [-0.3, -0.25) is 0 Å². The molecule has 3 N–H and O–H groups in total. The molecular formula is C18H17ClN4O2. The molecule has 2 aromatic carbocycles. The number of nitrogens with two attached hydrogens (primary N) is 1. The number of hydrogen-bond acceptors (Lipinski definition) is 6. The Morgan fingerprint density at radius 3 is 2.44 bits per heavy atom. The zero-order valence-electron chi connectivity index (χ0n) is 13.8. The van der Waals surface area contributed by atoms with E-state index in [9.17, 15) is 0 Å². The van der Waals surface area contributed by atoms with Gasteiger partial charge in [0.05, 0.1) is 7.11 Å². The molecule has 128 valence electrons. The highest BCUT2D eigenvalue weighted by Gasteiger charge is 2.12. The average molecular weight is 357 g/mol. The van der Waals surface area contributed by atoms with Crippen LogP contribution >= 0.6 is 11.6 Å². The van der Waals surface area contributed by atoms with Crippen LogP contribution in [0.15, 0.2) is 48.8 Å². The summed E-state index contributed by atoms with van der Waals surface area (Å²) < 4.78 is 10.9. The van der Waals surface area contributed by atoms with Gasteiger partial charge in [-0.2, -0.15) is 4.98 Å². The fourth-order valence-corrected chi connectivity index (χ4v) is 2.44. The van der Waals surface area contributed by atoms with E-state index in [0.717, 1.165) is 17.0 Å². The zero-order valence-corrected chi connectivity index (χ0v) is 14.5. The van der Waals surface area contributed by atoms with Gasteiger partial charge < -0.3 is 20.5 Å². The molecule has 1 heterocycles. The SMILES string of the molecule is COc1ccc(Oc2ncnc(Nc3ccc(Cl)cc3C)c2N)cc1. The molecule has 0 bridgehead atoms. The topological polar surface area (TPSA) is 82.3 Å². The van der Waals surface area contributed by atoms with Gasteiger partial charge in [0.15, 0.2) is 5.82 Å². The highest BCUT2D eigenvalue weighted by Crippen LogP contribution is 2.32. The Balaban J connectivity index is 1.83. The Labute approximate surface area is 150 Å². The summed E-state index contributed by atoms with van der Waals surface area (Å²) in [7, 11) is 1.61. The minimum atomic E-state index is 0.272. The largest absolute Gasteiger partial charge is 0.497 e. The first kappa shape index (κ1) is 16.9. The predicted octanol–water partition coefficient (Wildman–Crippen LogP) is 4.57. The van der Waals surface area contributed by atoms with E-state index in [0.29, 0.717) is 22.3 Å². The van der Waals surface area contributed by atoms with Crippen LogP contribution in [-0.2, 0) is 0 Å². The Morgan fingerprint density at radius 2 is 1.76 bits per heavy atom. The second-order valence-electron chi connectivity index (χ2n) is 5.30. The molecule has 25 heavy (non-hydrogen) atoms. The summed E-state index contributed by atoms with van der Waals surface area (Å²) in [4.78, 5) is 8.29. The molecule has 0 radical (unpaired) electrons. The number of halogens is 1. The minimum Gasteiger partial charge on any atom is -0.497 e. The molecule has 0 saturated carbocycles. The van der Waals surface area contributed by atoms with Crippen LogP contribution in [-0.4, -0.2) is 17.1 Å². The van der Waals surface area contributed by atoms with Crippen LogP contribution in [0.25, 0.3) is 0 Å². The Bertz CT molecular complexity index is 885. The molecule has 0 atom stereocenters. The van der Waals surface area contributed by atoms with Gasteiger partial charge in [-0.25, -0.2) is 4.98 Å². The van der Waals surface area contributed by atoms with Crippen LogP contribution < -0.4 is 20.5 Å². The molecule has 7 heteroatoms. The average Bonchev–Trinajstić information content (AvgIpc) is 2.61. The molecule has 0 unspecified atom stereocenters. The molecule has 1 aromatic heterocycles. The number of anilines is 3. The Morgan fingerprint density at radius 1 is 1.04 bits per heavy atom. The maximum Gasteiger partial charge on any atom is 0.248 e. The summed E-state index contributed by atoms with van der Waals surface area (Å²) >= 11 is 5.98. The van der Waals surface area contributed by atoms with Crippen molar-refractivity contribution in [1.82, 2.24) is 9.97 Å². The Hall–Kier alpha value is -2.99. The van der Waals surface area contributed by atoms with Gasteiger partial charge in [0.25, 0.3) is 0 Å². The second-order valence-corrected chi connectivity index (χ2v) is 5.74. The van der Waals surface area contributed by atoms with Crippen LogP contribution in [0.3, 0.4) is 0 Å². The molecule has 0 aliphatic heterocycles. The van der Waals surface area contributed by atoms with Crippen molar-refractivity contribution in [2.45, 2.75) is 6.92 Å². The number of aryl methyl sites for hydroxylation is 1. The molecular weight excluding hydrogens is 340 g/mol. The van der Waals surface area contributed by atoms with Crippen molar-refractivity contribution in [3.8, 4) is 17.4 Å². The van der Waals surface area contributed by atoms with Gasteiger partial charge in [0.2, 0.25) is 5.88 Å². The molecule has 0 aliphatic rings. The number of hydrogen-bond donors (Lipinski definition) is 2. The van der Waals surface area contributed by atoms with Crippen molar-refractivity contribution in [2.24, 2.45) is 0 Å². The standard InChI is InChI=1S/C18H17ClN4O2/c1-11-9-12(19)3-8-15(11)23-17-16(20)18(22-10-21-17)25-14-6-4-13(24-2)5-7-14/h3-10H,20H2,1-2H3,(H,21,22,23). The number of methoxy groups -OCH3 is 1. The lowest BCUT2D eigenvalue weighted by Gasteiger charge is -2.13. The molecule has 0 amide bonds. The number of aromatic nitrogens is 2. The predicted molar refractivity (Wildman–Crippen MR) is 99.0 cm³/mol. The number of nitrogen functional groups attached to an aromatic ring is 1. The zero-order chi connectivity index (χ0) is 17.8. The van der Waals surface area contributed by atoms with Crippen LogP contribution in [0.4, 0.5) is 17.2 Å². The Kier molecular flexibility index (Phi) is 4.90. The van der Waals surface area contributed by atoms with E-state index in [2.05, 4.69) is 15.3 Å². The van der Waals surface area contributed by atoms with Gasteiger partial charge in [-0.1, -0.05) is 11.6 Å². The number of rotatable bonds is 5. The van der Waals surface area contributed by atoms with Crippen LogP contribution in [0.2, 0.25) is 5.02 Å². The number of ether oxygens (including phenoxy) is 2. The summed E-state index contributed by atoms with van der Waals surface area (Å²) in [5, 5.41) is 3.85. The van der Waals surface area contributed by atoms with E-state index in [4.69, 9.17) is 26.8 Å². The van der Waals surface area contributed by atoms with Crippen molar-refractivity contribution < 1.29 is 9.47 Å². The third-order valence-corrected chi connectivity index (χ3v) is 3.80. The quantitative estimate of drug-likeness (QED) is 0.697. The number of nitrogens with one attached hydrogen (secondary N) is 1. The fourth-order valence-electron chi connectivity index (χ4n) is 2.21. The number of benzene rings is 2. The summed E-state index contributed by atoms with van der Waals surface area (Å²) in [5.74, 6) is 2.07. The molecule has 0 aliphatic carbocycles. The van der Waals surface area contributed by atoms with Gasteiger partial charge in [0, 0.05) is 10.7 Å². The molecule has 3 aromatic rings. The molecule has 0 fully saturated rings. The van der Waals surface area contributed by atoms with E-state index < -0.39 is 0 Å². The van der Waals surface area contributed by atoms with E-state index in [1.807, 2.05) is 19.1 Å². The third kappa shape index (κ3) is 3.92. The monoisotopic (exact) mass is 356 g/mol. The third-order valence-electron chi connectivity index (χ3n) is 3.56. The van der Waals surface area contributed by atoms with E-state index in [-0.39, 0.29) is 5.88 Å². The molecule has 0 spiro atoms. The van der Waals surface area contributed by atoms with Crippen LogP contribution in [0, 0.1) is 6.92 Å². The molecule has 3 rings (SSSR count). The van der Waals surface area contributed by atoms with Crippen LogP contribution in [0.1, 0.15) is 5.56 Å². The first-order valence-corrected chi connectivity index (χ1v) is 7.90. The molecule has 0 saturated heterocycles. The van der Waals surface area contributed by atoms with E-state index in [1.165, 1.54) is 6.33 Å². The van der Waals surface area contributed by atoms with Crippen molar-refractivity contribution >= 4 is 28.8 Å². The highest BCUT2D eigenvalue weighted by molar-refractivity contribution is 6.30. The van der Waals surface area contributed by atoms with Crippen molar-refractivity contribution in [3.63, 3.8) is 0 Å². The molecule has 6 nitrogen and oxygen atoms in total. The van der Waals surface area contributed by atoms with Gasteiger partial charge in [-0.05, 0) is 55.0 Å². The number of nitrogens with zero attached hydrogens (tertiary/aromatic N) is 2. The summed E-state index contributed by atoms with van der Waals surface area (Å²) in [5.41, 5.74) is 8.29. The smallest absolute Gasteiger partial charge is 0.248 e. The fraction of sp³-hybridized carbons (Fsp3) is 0.111. The maximum absolute atomic E-state index is 6.15. The lowest BCUT2D eigenvalue weighted by atomic mass is 10.2. The lowest BCUT2D eigenvalue weighted by molar-refractivity contribution is 0.412. The summed E-state index contributed by atoms with van der Waals surface area (Å²) in [6.07, 6.45) is 1.39. The van der Waals surface area contributed by atoms with Gasteiger partial charge >= 0.3 is 0 Å². The van der Waals surface area contributed by atoms with Crippen molar-refractivity contribution in [3.05, 3.63) is 59.4 Å². The van der Waals surface area contributed by atoms with Crippen LogP contribution in [0.5, 0.6) is 17.4 Å². The second kappa shape index (κ2) is 7.27. The van der Waals surface area contributed by atoms with Gasteiger partial charge in [-0.15, -0.1) is 0 Å². The van der Waals surface area contributed by atoms with Crippen molar-refractivity contribution in [1.29, 1.82) is 0 Å². The minimum absolute atomic E-state index is 0.272. The summed E-state index contributed by atoms with van der Waals surface area (Å²) in [6, 6.07) is 12.7. The normalized spacial score (nSPS) is 10.4. The van der Waals surface area contributed by atoms with Crippen molar-refractivity contribution in [2.75, 3.05) is 18.2 Å².